The minimum atomic E-state index is -0.701. The van der Waals surface area contributed by atoms with Crippen LogP contribution in [0, 0.1) is 0 Å². The quantitative estimate of drug-likeness (QED) is 0.283. The first-order valence-corrected chi connectivity index (χ1v) is 10.6. The smallest absolute Gasteiger partial charge is 0.167 e. The Morgan fingerprint density at radius 3 is 1.55 bits per heavy atom. The Balaban J connectivity index is 1.84. The van der Waals surface area contributed by atoms with Crippen molar-refractivity contribution in [2.24, 2.45) is 0 Å². The molecule has 0 amide bonds. The second-order valence-corrected chi connectivity index (χ2v) is 7.52. The molecule has 0 spiro atoms. The lowest BCUT2D eigenvalue weighted by Crippen LogP contribution is -2.37. The Bertz CT molecular complexity index is 820. The highest BCUT2D eigenvalue weighted by Gasteiger charge is 2.42. The summed E-state index contributed by atoms with van der Waals surface area (Å²) >= 11 is 0. The van der Waals surface area contributed by atoms with Gasteiger partial charge in [-0.15, -0.1) is 0 Å². The van der Waals surface area contributed by atoms with E-state index >= 15 is 0 Å². The fourth-order valence-electron chi connectivity index (χ4n) is 3.96. The van der Waals surface area contributed by atoms with Gasteiger partial charge in [-0.2, -0.15) is 0 Å². The Hall–Kier alpha value is -2.84. The number of hydrogen-bond acceptors (Lipinski definition) is 2. The SMILES string of the molecule is CCCCCC(OC(c1ccccc1)(c1ccccc1)c1ccccc1)C1=CO1. The zero-order chi connectivity index (χ0) is 19.9. The Labute approximate surface area is 173 Å². The summed E-state index contributed by atoms with van der Waals surface area (Å²) in [6.45, 7) is 2.23. The number of benzene rings is 3. The first kappa shape index (κ1) is 19.5. The van der Waals surface area contributed by atoms with Crippen LogP contribution in [0.3, 0.4) is 0 Å². The van der Waals surface area contributed by atoms with Crippen molar-refractivity contribution in [3.05, 3.63) is 120 Å². The fourth-order valence-corrected chi connectivity index (χ4v) is 3.96. The normalized spacial score (nSPS) is 14.0. The van der Waals surface area contributed by atoms with Gasteiger partial charge in [-0.05, 0) is 23.1 Å². The molecule has 0 bridgehead atoms. The lowest BCUT2D eigenvalue weighted by Gasteiger charge is -2.38. The van der Waals surface area contributed by atoms with Crippen LogP contribution in [0.2, 0.25) is 0 Å². The minimum Gasteiger partial charge on any atom is -0.460 e. The van der Waals surface area contributed by atoms with E-state index in [-0.39, 0.29) is 6.10 Å². The highest BCUT2D eigenvalue weighted by molar-refractivity contribution is 5.47. The molecule has 29 heavy (non-hydrogen) atoms. The first-order valence-electron chi connectivity index (χ1n) is 10.6. The molecule has 0 aliphatic carbocycles. The molecule has 3 aromatic carbocycles. The van der Waals surface area contributed by atoms with Crippen molar-refractivity contribution in [1.29, 1.82) is 0 Å². The molecule has 2 nitrogen and oxygen atoms in total. The molecule has 2 heteroatoms. The van der Waals surface area contributed by atoms with Gasteiger partial charge >= 0.3 is 0 Å². The molecule has 0 radical (unpaired) electrons. The number of rotatable bonds is 10. The van der Waals surface area contributed by atoms with Gasteiger partial charge in [0.25, 0.3) is 0 Å². The van der Waals surface area contributed by atoms with Crippen molar-refractivity contribution >= 4 is 0 Å². The predicted molar refractivity (Wildman–Crippen MR) is 117 cm³/mol. The summed E-state index contributed by atoms with van der Waals surface area (Å²) in [4.78, 5) is 0. The molecule has 1 aliphatic heterocycles. The zero-order valence-electron chi connectivity index (χ0n) is 17.0. The zero-order valence-corrected chi connectivity index (χ0v) is 17.0. The van der Waals surface area contributed by atoms with Gasteiger partial charge in [0.05, 0.1) is 0 Å². The molecule has 0 saturated heterocycles. The molecule has 0 N–H and O–H groups in total. The van der Waals surface area contributed by atoms with Gasteiger partial charge < -0.3 is 9.47 Å². The Kier molecular flexibility index (Phi) is 6.12. The fraction of sp³-hybridized carbons (Fsp3) is 0.259. The second kappa shape index (κ2) is 9.11. The third kappa shape index (κ3) is 4.28. The molecule has 0 aromatic heterocycles. The molecule has 148 valence electrons. The van der Waals surface area contributed by atoms with Gasteiger partial charge in [-0.1, -0.05) is 117 Å². The van der Waals surface area contributed by atoms with Gasteiger partial charge in [0.1, 0.15) is 18.0 Å². The molecular formula is C27H28O2. The topological polar surface area (TPSA) is 21.8 Å². The summed E-state index contributed by atoms with van der Waals surface area (Å²) in [5.74, 6) is 0.952. The molecule has 1 unspecified atom stereocenters. The van der Waals surface area contributed by atoms with Gasteiger partial charge in [0, 0.05) is 0 Å². The summed E-state index contributed by atoms with van der Waals surface area (Å²) < 4.78 is 12.6. The van der Waals surface area contributed by atoms with E-state index in [2.05, 4.69) is 97.9 Å². The molecule has 3 aromatic rings. The second-order valence-electron chi connectivity index (χ2n) is 7.52. The van der Waals surface area contributed by atoms with E-state index in [9.17, 15) is 0 Å². The largest absolute Gasteiger partial charge is 0.460 e. The van der Waals surface area contributed by atoms with Crippen molar-refractivity contribution in [1.82, 2.24) is 0 Å². The van der Waals surface area contributed by atoms with Crippen LogP contribution in [-0.4, -0.2) is 6.10 Å². The van der Waals surface area contributed by atoms with Crippen molar-refractivity contribution < 1.29 is 9.47 Å². The molecular weight excluding hydrogens is 356 g/mol. The number of hydrogen-bond donors (Lipinski definition) is 0. The maximum atomic E-state index is 7.07. The van der Waals surface area contributed by atoms with Gasteiger partial charge in [0.15, 0.2) is 5.76 Å². The maximum Gasteiger partial charge on any atom is 0.167 e. The van der Waals surface area contributed by atoms with Crippen molar-refractivity contribution in [3.8, 4) is 0 Å². The maximum absolute atomic E-state index is 7.07. The van der Waals surface area contributed by atoms with E-state index in [1.165, 1.54) is 12.8 Å². The van der Waals surface area contributed by atoms with Crippen molar-refractivity contribution in [3.63, 3.8) is 0 Å². The highest BCUT2D eigenvalue weighted by Crippen LogP contribution is 2.43. The van der Waals surface area contributed by atoms with E-state index in [0.717, 1.165) is 35.3 Å². The van der Waals surface area contributed by atoms with E-state index < -0.39 is 5.60 Å². The van der Waals surface area contributed by atoms with Crippen LogP contribution in [0.25, 0.3) is 0 Å². The summed E-state index contributed by atoms with van der Waals surface area (Å²) in [6.07, 6.45) is 6.21. The first-order chi connectivity index (χ1) is 14.3. The summed E-state index contributed by atoms with van der Waals surface area (Å²) in [5.41, 5.74) is 2.67. The van der Waals surface area contributed by atoms with Crippen molar-refractivity contribution in [2.75, 3.05) is 0 Å². The van der Waals surface area contributed by atoms with E-state index in [4.69, 9.17) is 9.47 Å². The van der Waals surface area contributed by atoms with Crippen molar-refractivity contribution in [2.45, 2.75) is 44.3 Å². The Morgan fingerprint density at radius 2 is 1.17 bits per heavy atom. The van der Waals surface area contributed by atoms with E-state index in [0.29, 0.717) is 0 Å². The predicted octanol–water partition coefficient (Wildman–Crippen LogP) is 6.82. The van der Waals surface area contributed by atoms with E-state index in [1.54, 1.807) is 0 Å². The minimum absolute atomic E-state index is 0.0674. The van der Waals surface area contributed by atoms with Crippen LogP contribution in [0.4, 0.5) is 0 Å². The van der Waals surface area contributed by atoms with Gasteiger partial charge in [-0.3, -0.25) is 0 Å². The van der Waals surface area contributed by atoms with Crippen LogP contribution < -0.4 is 0 Å². The van der Waals surface area contributed by atoms with Crippen LogP contribution in [-0.2, 0) is 15.1 Å². The lowest BCUT2D eigenvalue weighted by atomic mass is 9.79. The van der Waals surface area contributed by atoms with Gasteiger partial charge in [-0.25, -0.2) is 0 Å². The molecule has 0 fully saturated rings. The number of unbranched alkanes of at least 4 members (excludes halogenated alkanes) is 2. The van der Waals surface area contributed by atoms with Crippen LogP contribution >= 0.6 is 0 Å². The van der Waals surface area contributed by atoms with Crippen LogP contribution in [0.1, 0.15) is 49.3 Å². The average Bonchev–Trinajstić information content (AvgIpc) is 3.64. The van der Waals surface area contributed by atoms with Crippen LogP contribution in [0.5, 0.6) is 0 Å². The Morgan fingerprint density at radius 1 is 0.724 bits per heavy atom. The number of ether oxygens (including phenoxy) is 2. The van der Waals surface area contributed by atoms with Gasteiger partial charge in [0.2, 0.25) is 0 Å². The summed E-state index contributed by atoms with van der Waals surface area (Å²) in [5, 5.41) is 0. The molecule has 1 aliphatic rings. The third-order valence-electron chi connectivity index (χ3n) is 5.50. The molecule has 1 heterocycles. The summed E-state index contributed by atoms with van der Waals surface area (Å²) in [7, 11) is 0. The molecule has 4 rings (SSSR count). The molecule has 0 saturated carbocycles. The molecule has 1 atom stereocenters. The third-order valence-corrected chi connectivity index (χ3v) is 5.50. The standard InChI is InChI=1S/C27H28O2/c1-2-3-7-20-25(26-21-28-26)29-27(22-14-8-4-9-15-22,23-16-10-5-11-17-23)24-18-12-6-13-19-24/h4-6,8-19,21,25H,2-3,7,20H2,1H3. The highest BCUT2D eigenvalue weighted by atomic mass is 16.6. The van der Waals surface area contributed by atoms with E-state index in [1.807, 2.05) is 6.26 Å². The van der Waals surface area contributed by atoms with Crippen LogP contribution in [0.15, 0.2) is 103 Å². The lowest BCUT2D eigenvalue weighted by molar-refractivity contribution is -0.0404. The summed E-state index contributed by atoms with van der Waals surface area (Å²) in [6, 6.07) is 31.6. The monoisotopic (exact) mass is 384 g/mol. The average molecular weight is 385 g/mol.